The van der Waals surface area contributed by atoms with E-state index in [1.807, 2.05) is 22.7 Å². The first-order valence-corrected chi connectivity index (χ1v) is 22.4. The molecule has 0 saturated heterocycles. The Balaban J connectivity index is 1.08. The predicted octanol–water partition coefficient (Wildman–Crippen LogP) is 17.0. The molecule has 2 heterocycles. The third-order valence-corrected chi connectivity index (χ3v) is 13.2. The van der Waals surface area contributed by atoms with Crippen LogP contribution in [0.25, 0.3) is 53.2 Å². The molecule has 4 aromatic carbocycles. The molecule has 0 N–H and O–H groups in total. The standard InChI is InChI=1S/C48H62S2/c1-3-5-7-9-11-13-15-17-19-21-23-37-29-31-49-47(37)43-33-39-25-27-41-35-44(36-42-28-26-40(34-43)45(39)46(41)42)48-38(30-32-50-48)24-22-20-18-16-14-12-10-8-6-4-2/h25-36H,3-24H2,1-2H3. The van der Waals surface area contributed by atoms with E-state index in [0.717, 1.165) is 0 Å². The maximum Gasteiger partial charge on any atom is 0.0375 e. The third-order valence-electron chi connectivity index (χ3n) is 11.2. The second kappa shape index (κ2) is 19.8. The van der Waals surface area contributed by atoms with E-state index in [9.17, 15) is 0 Å². The van der Waals surface area contributed by atoms with Crippen molar-refractivity contribution in [3.8, 4) is 20.9 Å². The van der Waals surface area contributed by atoms with Gasteiger partial charge in [-0.25, -0.2) is 0 Å². The Kier molecular flexibility index (Phi) is 14.7. The van der Waals surface area contributed by atoms with Crippen molar-refractivity contribution in [1.29, 1.82) is 0 Å². The highest BCUT2D eigenvalue weighted by molar-refractivity contribution is 7.14. The lowest BCUT2D eigenvalue weighted by Crippen LogP contribution is -1.90. The van der Waals surface area contributed by atoms with Crippen molar-refractivity contribution >= 4 is 55.0 Å². The molecular weight excluding hydrogens is 641 g/mol. The lowest BCUT2D eigenvalue weighted by atomic mass is 9.90. The molecule has 0 saturated carbocycles. The van der Waals surface area contributed by atoms with Crippen LogP contribution in [0.5, 0.6) is 0 Å². The number of thiophene rings is 2. The van der Waals surface area contributed by atoms with Crippen molar-refractivity contribution in [3.05, 3.63) is 82.6 Å². The van der Waals surface area contributed by atoms with Gasteiger partial charge in [-0.05, 0) is 127 Å². The summed E-state index contributed by atoms with van der Waals surface area (Å²) in [5.74, 6) is 0. The van der Waals surface area contributed by atoms with E-state index in [1.54, 1.807) is 0 Å². The summed E-state index contributed by atoms with van der Waals surface area (Å²) in [6, 6.07) is 24.2. The molecule has 0 aliphatic rings. The lowest BCUT2D eigenvalue weighted by molar-refractivity contribution is 0.556. The van der Waals surface area contributed by atoms with Crippen LogP contribution in [0.4, 0.5) is 0 Å². The van der Waals surface area contributed by atoms with Gasteiger partial charge in [0, 0.05) is 9.75 Å². The van der Waals surface area contributed by atoms with E-state index < -0.39 is 0 Å². The van der Waals surface area contributed by atoms with Crippen molar-refractivity contribution < 1.29 is 0 Å². The molecule has 0 radical (unpaired) electrons. The van der Waals surface area contributed by atoms with Gasteiger partial charge in [0.1, 0.15) is 0 Å². The first-order chi connectivity index (χ1) is 24.8. The number of aryl methyl sites for hydroxylation is 2. The van der Waals surface area contributed by atoms with E-state index >= 15 is 0 Å². The second-order valence-corrected chi connectivity index (χ2v) is 17.0. The summed E-state index contributed by atoms with van der Waals surface area (Å²) in [7, 11) is 0. The van der Waals surface area contributed by atoms with Gasteiger partial charge in [0.2, 0.25) is 0 Å². The molecule has 0 amide bonds. The quantitative estimate of drug-likeness (QED) is 0.0435. The summed E-state index contributed by atoms with van der Waals surface area (Å²) < 4.78 is 0. The van der Waals surface area contributed by atoms with E-state index in [0.29, 0.717) is 0 Å². The zero-order valence-corrected chi connectivity index (χ0v) is 32.9. The van der Waals surface area contributed by atoms with E-state index in [4.69, 9.17) is 0 Å². The van der Waals surface area contributed by atoms with Crippen molar-refractivity contribution in [2.75, 3.05) is 0 Å². The maximum absolute atomic E-state index is 2.47. The van der Waals surface area contributed by atoms with Crippen LogP contribution in [-0.2, 0) is 12.8 Å². The Hall–Kier alpha value is -2.68. The smallest absolute Gasteiger partial charge is 0.0375 e. The number of rotatable bonds is 24. The molecule has 6 rings (SSSR count). The number of benzene rings is 4. The van der Waals surface area contributed by atoms with Gasteiger partial charge < -0.3 is 0 Å². The van der Waals surface area contributed by atoms with Crippen LogP contribution in [0.15, 0.2) is 71.4 Å². The topological polar surface area (TPSA) is 0 Å². The van der Waals surface area contributed by atoms with Crippen molar-refractivity contribution in [2.45, 2.75) is 155 Å². The molecule has 0 aliphatic carbocycles. The van der Waals surface area contributed by atoms with Gasteiger partial charge >= 0.3 is 0 Å². The highest BCUT2D eigenvalue weighted by Crippen LogP contribution is 2.42. The zero-order chi connectivity index (χ0) is 34.4. The molecule has 2 aromatic heterocycles. The van der Waals surface area contributed by atoms with Crippen molar-refractivity contribution in [3.63, 3.8) is 0 Å². The molecule has 50 heavy (non-hydrogen) atoms. The van der Waals surface area contributed by atoms with Gasteiger partial charge in [-0.2, -0.15) is 0 Å². The first-order valence-electron chi connectivity index (χ1n) is 20.6. The summed E-state index contributed by atoms with van der Waals surface area (Å²) >= 11 is 3.85. The largest absolute Gasteiger partial charge is 0.144 e. The van der Waals surface area contributed by atoms with Gasteiger partial charge in [0.05, 0.1) is 0 Å². The molecular formula is C48H62S2. The molecule has 0 unspecified atom stereocenters. The van der Waals surface area contributed by atoms with Crippen LogP contribution in [0.1, 0.15) is 153 Å². The molecule has 0 spiro atoms. The molecule has 0 aliphatic heterocycles. The summed E-state index contributed by atoms with van der Waals surface area (Å²) in [5.41, 5.74) is 5.86. The fourth-order valence-corrected chi connectivity index (χ4v) is 10.2. The van der Waals surface area contributed by atoms with Gasteiger partial charge in [0.15, 0.2) is 0 Å². The summed E-state index contributed by atoms with van der Waals surface area (Å²) in [5, 5.41) is 13.0. The van der Waals surface area contributed by atoms with Crippen LogP contribution >= 0.6 is 22.7 Å². The minimum absolute atomic E-state index is 1.20. The van der Waals surface area contributed by atoms with Crippen LogP contribution in [0.3, 0.4) is 0 Å². The highest BCUT2D eigenvalue weighted by Gasteiger charge is 2.15. The Morgan fingerprint density at radius 2 is 0.660 bits per heavy atom. The minimum Gasteiger partial charge on any atom is -0.144 e. The van der Waals surface area contributed by atoms with Crippen molar-refractivity contribution in [2.24, 2.45) is 0 Å². The zero-order valence-electron chi connectivity index (χ0n) is 31.3. The molecule has 0 fully saturated rings. The van der Waals surface area contributed by atoms with E-state index in [-0.39, 0.29) is 0 Å². The van der Waals surface area contributed by atoms with E-state index in [2.05, 4.69) is 85.3 Å². The van der Waals surface area contributed by atoms with E-state index in [1.165, 1.54) is 206 Å². The van der Waals surface area contributed by atoms with Crippen molar-refractivity contribution in [1.82, 2.24) is 0 Å². The number of unbranched alkanes of at least 4 members (excludes halogenated alkanes) is 18. The maximum atomic E-state index is 2.47. The van der Waals surface area contributed by atoms with Gasteiger partial charge in [0.25, 0.3) is 0 Å². The van der Waals surface area contributed by atoms with Gasteiger partial charge in [-0.15, -0.1) is 22.7 Å². The first kappa shape index (κ1) is 37.1. The SMILES string of the molecule is CCCCCCCCCCCCc1ccsc1-c1cc2ccc3cc(-c4sccc4CCCCCCCCCCCC)cc4ccc(c1)c2c34. The average molecular weight is 703 g/mol. The molecule has 2 heteroatoms. The highest BCUT2D eigenvalue weighted by atomic mass is 32.1. The fourth-order valence-electron chi connectivity index (χ4n) is 8.28. The number of hydrogen-bond donors (Lipinski definition) is 0. The average Bonchev–Trinajstić information content (AvgIpc) is 3.82. The van der Waals surface area contributed by atoms with Gasteiger partial charge in [-0.1, -0.05) is 154 Å². The fraction of sp³-hybridized carbons (Fsp3) is 0.500. The lowest BCUT2D eigenvalue weighted by Gasteiger charge is -2.15. The third kappa shape index (κ3) is 9.80. The van der Waals surface area contributed by atoms with Crippen LogP contribution in [0, 0.1) is 0 Å². The Bertz CT molecular complexity index is 1650. The normalized spacial score (nSPS) is 12.0. The second-order valence-electron chi connectivity index (χ2n) is 15.1. The molecule has 0 bridgehead atoms. The predicted molar refractivity (Wildman–Crippen MR) is 228 cm³/mol. The number of hydrogen-bond acceptors (Lipinski definition) is 2. The molecule has 266 valence electrons. The van der Waals surface area contributed by atoms with Gasteiger partial charge in [-0.3, -0.25) is 0 Å². The Labute approximate surface area is 312 Å². The minimum atomic E-state index is 1.20. The van der Waals surface area contributed by atoms with Crippen LogP contribution < -0.4 is 0 Å². The summed E-state index contributed by atoms with van der Waals surface area (Å²) in [6.45, 7) is 4.61. The Morgan fingerprint density at radius 3 is 0.980 bits per heavy atom. The summed E-state index contributed by atoms with van der Waals surface area (Å²) in [6.07, 6.45) is 30.3. The van der Waals surface area contributed by atoms with Crippen LogP contribution in [-0.4, -0.2) is 0 Å². The molecule has 0 nitrogen and oxygen atoms in total. The Morgan fingerprint density at radius 1 is 0.360 bits per heavy atom. The van der Waals surface area contributed by atoms with Crippen LogP contribution in [0.2, 0.25) is 0 Å². The molecule has 6 aromatic rings. The monoisotopic (exact) mass is 702 g/mol. The molecule has 0 atom stereocenters. The summed E-state index contributed by atoms with van der Waals surface area (Å²) in [4.78, 5) is 2.95.